The van der Waals surface area contributed by atoms with Gasteiger partial charge in [-0.15, -0.1) is 0 Å². The Bertz CT molecular complexity index is 762. The van der Waals surface area contributed by atoms with Gasteiger partial charge < -0.3 is 18.8 Å². The van der Waals surface area contributed by atoms with Gasteiger partial charge in [0.1, 0.15) is 11.2 Å². The average Bonchev–Trinajstić information content (AvgIpc) is 3.13. The fraction of sp³-hybridized carbons (Fsp3) is 0.875. The molecule has 0 saturated carbocycles. The number of likely N-dealkylation sites (tertiary alicyclic amines) is 2. The first-order chi connectivity index (χ1) is 14.7. The number of nitrogens with zero attached hydrogens (tertiary/aromatic N) is 2. The Kier molecular flexibility index (Phi) is 7.71. The summed E-state index contributed by atoms with van der Waals surface area (Å²) >= 11 is 0. The van der Waals surface area contributed by atoms with Crippen LogP contribution in [0.4, 0.5) is 9.59 Å². The maximum atomic E-state index is 13.1. The van der Waals surface area contributed by atoms with E-state index in [4.69, 9.17) is 13.9 Å². The Hall–Kier alpha value is -1.61. The number of hydrogen-bond acceptors (Lipinski definition) is 6. The summed E-state index contributed by atoms with van der Waals surface area (Å²) in [5, 5.41) is 0.0403. The number of imide groups is 1. The topological polar surface area (TPSA) is 85.4 Å². The largest absolute Gasteiger partial charge is 0.444 e. The number of ether oxygens (including phenoxy) is 2. The molecule has 0 aromatic heterocycles. The SMILES string of the molecule is CC(C)(C)OC(=O)N1C[C@H]([C@@H]2C[C@@H](O[Si](C)(C)C(C)(C)C)CN2C(=O)OC(C)(C)C)CC1=O. The van der Waals surface area contributed by atoms with E-state index in [1.54, 1.807) is 25.7 Å². The van der Waals surface area contributed by atoms with Crippen LogP contribution in [-0.2, 0) is 18.7 Å². The van der Waals surface area contributed by atoms with Crippen molar-refractivity contribution in [3.05, 3.63) is 0 Å². The number of carbonyl (C=O) groups is 3. The van der Waals surface area contributed by atoms with Crippen molar-refractivity contribution in [3.8, 4) is 0 Å². The zero-order valence-electron chi connectivity index (χ0n) is 22.4. The molecule has 0 spiro atoms. The lowest BCUT2D eigenvalue weighted by molar-refractivity contribution is -0.127. The molecule has 2 rings (SSSR count). The van der Waals surface area contributed by atoms with Crippen LogP contribution in [-0.4, -0.2) is 72.6 Å². The lowest BCUT2D eigenvalue weighted by atomic mass is 9.96. The molecular formula is C24H44N2O6Si. The van der Waals surface area contributed by atoms with Crippen molar-refractivity contribution in [3.63, 3.8) is 0 Å². The van der Waals surface area contributed by atoms with E-state index in [9.17, 15) is 14.4 Å². The van der Waals surface area contributed by atoms with Gasteiger partial charge >= 0.3 is 12.2 Å². The van der Waals surface area contributed by atoms with Gasteiger partial charge in [-0.1, -0.05) is 20.8 Å². The molecule has 2 aliphatic heterocycles. The molecule has 2 fully saturated rings. The summed E-state index contributed by atoms with van der Waals surface area (Å²) in [7, 11) is -2.05. The van der Waals surface area contributed by atoms with Crippen LogP contribution in [0.3, 0.4) is 0 Å². The van der Waals surface area contributed by atoms with Gasteiger partial charge in [0.25, 0.3) is 0 Å². The number of hydrogen-bond donors (Lipinski definition) is 0. The van der Waals surface area contributed by atoms with E-state index in [2.05, 4.69) is 33.9 Å². The van der Waals surface area contributed by atoms with Crippen LogP contribution in [0, 0.1) is 5.92 Å². The Labute approximate surface area is 200 Å². The summed E-state index contributed by atoms with van der Waals surface area (Å²) < 4.78 is 17.7. The van der Waals surface area contributed by atoms with Crippen molar-refractivity contribution in [1.82, 2.24) is 9.80 Å². The maximum Gasteiger partial charge on any atom is 0.417 e. The van der Waals surface area contributed by atoms with Gasteiger partial charge in [0.05, 0.1) is 6.10 Å². The molecule has 8 nitrogen and oxygen atoms in total. The van der Waals surface area contributed by atoms with Crippen LogP contribution in [0.2, 0.25) is 18.1 Å². The highest BCUT2D eigenvalue weighted by Crippen LogP contribution is 2.40. The molecule has 33 heavy (non-hydrogen) atoms. The first-order valence-corrected chi connectivity index (χ1v) is 14.8. The predicted octanol–water partition coefficient (Wildman–Crippen LogP) is 5.17. The van der Waals surface area contributed by atoms with E-state index >= 15 is 0 Å². The zero-order chi connectivity index (χ0) is 25.6. The fourth-order valence-electron chi connectivity index (χ4n) is 3.97. The quantitative estimate of drug-likeness (QED) is 0.514. The second-order valence-corrected chi connectivity index (χ2v) is 17.6. The van der Waals surface area contributed by atoms with E-state index in [1.807, 2.05) is 20.8 Å². The number of amides is 3. The van der Waals surface area contributed by atoms with Gasteiger partial charge in [-0.3, -0.25) is 4.79 Å². The second kappa shape index (κ2) is 9.21. The van der Waals surface area contributed by atoms with Crippen LogP contribution in [0.15, 0.2) is 0 Å². The van der Waals surface area contributed by atoms with E-state index in [-0.39, 0.29) is 42.0 Å². The van der Waals surface area contributed by atoms with Gasteiger partial charge in [0.15, 0.2) is 8.32 Å². The van der Waals surface area contributed by atoms with Crippen molar-refractivity contribution < 1.29 is 28.3 Å². The predicted molar refractivity (Wildman–Crippen MR) is 129 cm³/mol. The molecular weight excluding hydrogens is 440 g/mol. The van der Waals surface area contributed by atoms with Crippen molar-refractivity contribution in [2.75, 3.05) is 13.1 Å². The smallest absolute Gasteiger partial charge is 0.417 e. The second-order valence-electron chi connectivity index (χ2n) is 12.9. The Balaban J connectivity index is 2.23. The van der Waals surface area contributed by atoms with Crippen molar-refractivity contribution >= 4 is 26.4 Å². The summed E-state index contributed by atoms with van der Waals surface area (Å²) in [6.45, 7) is 22.4. The van der Waals surface area contributed by atoms with Gasteiger partial charge in [-0.05, 0) is 66.1 Å². The standard InChI is InChI=1S/C24H44N2O6Si/c1-22(2,3)30-20(28)25-15-17(32-33(10,11)24(7,8)9)13-18(25)16-12-19(27)26(14-16)21(29)31-23(4,5)6/h16-18H,12-15H2,1-11H3/t16-,17-,18+/m1/s1. The molecule has 190 valence electrons. The summed E-state index contributed by atoms with van der Waals surface area (Å²) in [6, 6.07) is -0.244. The Morgan fingerprint density at radius 3 is 1.88 bits per heavy atom. The van der Waals surface area contributed by atoms with Crippen molar-refractivity contribution in [2.45, 2.75) is 117 Å². The highest BCUT2D eigenvalue weighted by Gasteiger charge is 2.49. The first kappa shape index (κ1) is 27.6. The molecule has 2 saturated heterocycles. The fourth-order valence-corrected chi connectivity index (χ4v) is 5.33. The number of carbonyl (C=O) groups excluding carboxylic acids is 3. The average molecular weight is 485 g/mol. The van der Waals surface area contributed by atoms with E-state index < -0.39 is 31.7 Å². The molecule has 0 aromatic carbocycles. The van der Waals surface area contributed by atoms with E-state index in [0.717, 1.165) is 0 Å². The number of rotatable bonds is 3. The summed E-state index contributed by atoms with van der Waals surface area (Å²) in [5.74, 6) is -0.460. The third-order valence-corrected chi connectivity index (χ3v) is 11.0. The monoisotopic (exact) mass is 484 g/mol. The van der Waals surface area contributed by atoms with Crippen molar-refractivity contribution in [1.29, 1.82) is 0 Å². The van der Waals surface area contributed by atoms with Gasteiger partial charge in [-0.25, -0.2) is 14.5 Å². The van der Waals surface area contributed by atoms with Gasteiger partial charge in [-0.2, -0.15) is 0 Å². The lowest BCUT2D eigenvalue weighted by Gasteiger charge is -2.38. The Morgan fingerprint density at radius 2 is 1.39 bits per heavy atom. The highest BCUT2D eigenvalue weighted by molar-refractivity contribution is 6.74. The molecule has 0 N–H and O–H groups in total. The van der Waals surface area contributed by atoms with Crippen LogP contribution in [0.1, 0.15) is 75.2 Å². The molecule has 9 heteroatoms. The van der Waals surface area contributed by atoms with Gasteiger partial charge in [0, 0.05) is 31.5 Å². The normalized spacial score (nSPS) is 24.9. The summed E-state index contributed by atoms with van der Waals surface area (Å²) in [4.78, 5) is 41.2. The molecule has 0 aromatic rings. The van der Waals surface area contributed by atoms with Crippen LogP contribution < -0.4 is 0 Å². The minimum Gasteiger partial charge on any atom is -0.444 e. The molecule has 0 aliphatic carbocycles. The lowest BCUT2D eigenvalue weighted by Crippen LogP contribution is -2.45. The maximum absolute atomic E-state index is 13.1. The Morgan fingerprint density at radius 1 is 0.879 bits per heavy atom. The van der Waals surface area contributed by atoms with Crippen molar-refractivity contribution in [2.24, 2.45) is 5.92 Å². The minimum absolute atomic E-state index is 0.0403. The van der Waals surface area contributed by atoms with E-state index in [1.165, 1.54) is 4.90 Å². The third-order valence-electron chi connectivity index (χ3n) is 6.51. The summed E-state index contributed by atoms with van der Waals surface area (Å²) in [6.07, 6.45) is -0.362. The highest BCUT2D eigenvalue weighted by atomic mass is 28.4. The van der Waals surface area contributed by atoms with Gasteiger partial charge in [0.2, 0.25) is 5.91 Å². The minimum atomic E-state index is -2.05. The van der Waals surface area contributed by atoms with Crippen LogP contribution >= 0.6 is 0 Å². The van der Waals surface area contributed by atoms with Crippen LogP contribution in [0.5, 0.6) is 0 Å². The molecule has 0 radical (unpaired) electrons. The third kappa shape index (κ3) is 7.18. The van der Waals surface area contributed by atoms with E-state index in [0.29, 0.717) is 13.0 Å². The molecule has 0 bridgehead atoms. The molecule has 3 atom stereocenters. The molecule has 3 amide bonds. The first-order valence-electron chi connectivity index (χ1n) is 11.9. The molecule has 0 unspecified atom stereocenters. The molecule has 2 heterocycles. The molecule has 2 aliphatic rings. The zero-order valence-corrected chi connectivity index (χ0v) is 23.4. The van der Waals surface area contributed by atoms with Crippen LogP contribution in [0.25, 0.3) is 0 Å². The summed E-state index contributed by atoms with van der Waals surface area (Å²) in [5.41, 5.74) is -1.32.